The Morgan fingerprint density at radius 3 is 3.06 bits per heavy atom. The molecule has 0 aliphatic carbocycles. The highest BCUT2D eigenvalue weighted by atomic mass is 32.1. The lowest BCUT2D eigenvalue weighted by Crippen LogP contribution is -2.17. The number of hydrogen-bond acceptors (Lipinski definition) is 8. The zero-order valence-electron chi connectivity index (χ0n) is 9.58. The highest BCUT2D eigenvalue weighted by molar-refractivity contribution is 7.09. The Labute approximate surface area is 102 Å². The molecule has 0 aliphatic rings. The van der Waals surface area contributed by atoms with Crippen LogP contribution in [0, 0.1) is 0 Å². The minimum Gasteiger partial charge on any atom is -0.383 e. The molecule has 0 radical (unpaired) electrons. The molecule has 0 saturated carbocycles. The number of methoxy groups -OCH3 is 1. The van der Waals surface area contributed by atoms with Crippen molar-refractivity contribution in [3.8, 4) is 10.8 Å². The zero-order chi connectivity index (χ0) is 12.3. The Morgan fingerprint density at radius 2 is 2.35 bits per heavy atom. The normalized spacial score (nSPS) is 12.9. The zero-order valence-corrected chi connectivity index (χ0v) is 10.4. The minimum atomic E-state index is -0.386. The van der Waals surface area contributed by atoms with Crippen LogP contribution >= 0.6 is 11.5 Å². The summed E-state index contributed by atoms with van der Waals surface area (Å²) in [5.41, 5.74) is 6.66. The van der Waals surface area contributed by atoms with E-state index in [1.54, 1.807) is 7.11 Å². The smallest absolute Gasteiger partial charge is 0.271 e. The molecule has 0 saturated heterocycles. The van der Waals surface area contributed by atoms with E-state index >= 15 is 0 Å². The summed E-state index contributed by atoms with van der Waals surface area (Å²) < 4.78 is 14.0. The molecular formula is C9H13N5O2S. The van der Waals surface area contributed by atoms with Gasteiger partial charge in [-0.3, -0.25) is 0 Å². The van der Waals surface area contributed by atoms with E-state index in [1.165, 1.54) is 11.5 Å². The average Bonchev–Trinajstić information content (AvgIpc) is 2.97. The van der Waals surface area contributed by atoms with Crippen LogP contribution in [0.2, 0.25) is 0 Å². The van der Waals surface area contributed by atoms with Crippen molar-refractivity contribution in [3.05, 3.63) is 11.5 Å². The van der Waals surface area contributed by atoms with Crippen LogP contribution in [-0.4, -0.2) is 33.4 Å². The topological polar surface area (TPSA) is 100.0 Å². The number of rotatable bonds is 5. The second-order valence-corrected chi connectivity index (χ2v) is 4.18. The first kappa shape index (κ1) is 12.1. The number of nitrogens with two attached hydrogens (primary N) is 1. The largest absolute Gasteiger partial charge is 0.383 e. The highest BCUT2D eigenvalue weighted by Gasteiger charge is 2.19. The Bertz CT molecular complexity index is 483. The van der Waals surface area contributed by atoms with Crippen molar-refractivity contribution in [2.24, 2.45) is 5.73 Å². The van der Waals surface area contributed by atoms with Crippen molar-refractivity contribution in [2.75, 3.05) is 13.7 Å². The molecule has 2 rings (SSSR count). The lowest BCUT2D eigenvalue weighted by Gasteiger charge is -2.02. The SMILES string of the molecule is CCc1nnsc1-c1nc(C(N)COC)no1. The van der Waals surface area contributed by atoms with Crippen molar-refractivity contribution >= 4 is 11.5 Å². The maximum absolute atomic E-state index is 5.80. The molecule has 2 aromatic rings. The molecule has 2 heterocycles. The van der Waals surface area contributed by atoms with Gasteiger partial charge in [0.1, 0.15) is 4.88 Å². The van der Waals surface area contributed by atoms with Gasteiger partial charge in [0.25, 0.3) is 5.89 Å². The molecule has 0 spiro atoms. The second-order valence-electron chi connectivity index (χ2n) is 3.42. The Morgan fingerprint density at radius 1 is 1.53 bits per heavy atom. The summed E-state index contributed by atoms with van der Waals surface area (Å²) in [6.45, 7) is 2.34. The fourth-order valence-corrected chi connectivity index (χ4v) is 2.01. The molecule has 7 nitrogen and oxygen atoms in total. The predicted octanol–water partition coefficient (Wildman–Crippen LogP) is 0.797. The molecule has 8 heteroatoms. The Kier molecular flexibility index (Phi) is 3.77. The van der Waals surface area contributed by atoms with Crippen molar-refractivity contribution in [1.82, 2.24) is 19.7 Å². The number of aromatic nitrogens is 4. The van der Waals surface area contributed by atoms with Gasteiger partial charge < -0.3 is 15.0 Å². The molecule has 2 aromatic heterocycles. The van der Waals surface area contributed by atoms with Crippen molar-refractivity contribution < 1.29 is 9.26 Å². The first-order chi connectivity index (χ1) is 8.26. The lowest BCUT2D eigenvalue weighted by atomic mass is 10.3. The molecule has 0 aromatic carbocycles. The maximum atomic E-state index is 5.80. The number of aryl methyl sites for hydroxylation is 1. The highest BCUT2D eigenvalue weighted by Crippen LogP contribution is 2.25. The standard InChI is InChI=1S/C9H13N5O2S/c1-3-6-7(17-14-12-6)9-11-8(13-16-9)5(10)4-15-2/h5H,3-4,10H2,1-2H3. The van der Waals surface area contributed by atoms with Crippen LogP contribution in [0.15, 0.2) is 4.52 Å². The number of ether oxygens (including phenoxy) is 1. The van der Waals surface area contributed by atoms with Gasteiger partial charge >= 0.3 is 0 Å². The molecule has 0 amide bonds. The van der Waals surface area contributed by atoms with Gasteiger partial charge in [0.2, 0.25) is 0 Å². The molecular weight excluding hydrogens is 242 g/mol. The summed E-state index contributed by atoms with van der Waals surface area (Å²) in [6, 6.07) is -0.386. The third kappa shape index (κ3) is 2.48. The van der Waals surface area contributed by atoms with Gasteiger partial charge in [-0.2, -0.15) is 4.98 Å². The minimum absolute atomic E-state index is 0.348. The van der Waals surface area contributed by atoms with E-state index in [-0.39, 0.29) is 6.04 Å². The van der Waals surface area contributed by atoms with Gasteiger partial charge in [-0.05, 0) is 18.0 Å². The fraction of sp³-hybridized carbons (Fsp3) is 0.556. The lowest BCUT2D eigenvalue weighted by molar-refractivity contribution is 0.177. The quantitative estimate of drug-likeness (QED) is 0.843. The van der Waals surface area contributed by atoms with Crippen LogP contribution in [0.4, 0.5) is 0 Å². The molecule has 0 fully saturated rings. The first-order valence-electron chi connectivity index (χ1n) is 5.16. The van der Waals surface area contributed by atoms with Crippen LogP contribution in [0.1, 0.15) is 24.5 Å². The molecule has 1 unspecified atom stereocenters. The number of hydrogen-bond donors (Lipinski definition) is 1. The van der Waals surface area contributed by atoms with Crippen molar-refractivity contribution in [3.63, 3.8) is 0 Å². The van der Waals surface area contributed by atoms with Crippen LogP contribution in [-0.2, 0) is 11.2 Å². The van der Waals surface area contributed by atoms with Crippen LogP contribution in [0.25, 0.3) is 10.8 Å². The van der Waals surface area contributed by atoms with Gasteiger partial charge in [-0.1, -0.05) is 16.6 Å². The van der Waals surface area contributed by atoms with E-state index in [0.29, 0.717) is 18.3 Å². The monoisotopic (exact) mass is 255 g/mol. The van der Waals surface area contributed by atoms with Crippen LogP contribution < -0.4 is 5.73 Å². The second kappa shape index (κ2) is 5.30. The summed E-state index contributed by atoms with van der Waals surface area (Å²) in [5, 5.41) is 7.81. The van der Waals surface area contributed by atoms with Gasteiger partial charge in [0, 0.05) is 7.11 Å². The van der Waals surface area contributed by atoms with Gasteiger partial charge in [-0.25, -0.2) is 0 Å². The van der Waals surface area contributed by atoms with Gasteiger partial charge in [0.15, 0.2) is 5.82 Å². The van der Waals surface area contributed by atoms with E-state index in [0.717, 1.165) is 17.0 Å². The first-order valence-corrected chi connectivity index (χ1v) is 5.93. The third-order valence-corrected chi connectivity index (χ3v) is 2.96. The van der Waals surface area contributed by atoms with E-state index in [2.05, 4.69) is 19.7 Å². The maximum Gasteiger partial charge on any atom is 0.271 e. The number of nitrogens with zero attached hydrogens (tertiary/aromatic N) is 4. The predicted molar refractivity (Wildman–Crippen MR) is 61.4 cm³/mol. The molecule has 2 N–H and O–H groups in total. The van der Waals surface area contributed by atoms with Gasteiger partial charge in [0.05, 0.1) is 18.3 Å². The Hall–Kier alpha value is -1.38. The van der Waals surface area contributed by atoms with E-state index in [4.69, 9.17) is 15.0 Å². The van der Waals surface area contributed by atoms with Gasteiger partial charge in [-0.15, -0.1) is 5.10 Å². The Balaban J connectivity index is 2.23. The fourth-order valence-electron chi connectivity index (χ4n) is 1.33. The third-order valence-electron chi connectivity index (χ3n) is 2.20. The van der Waals surface area contributed by atoms with E-state index in [9.17, 15) is 0 Å². The summed E-state index contributed by atoms with van der Waals surface area (Å²) in [5.74, 6) is 0.843. The summed E-state index contributed by atoms with van der Waals surface area (Å²) >= 11 is 1.24. The summed E-state index contributed by atoms with van der Waals surface area (Å²) in [7, 11) is 1.57. The molecule has 0 bridgehead atoms. The molecule has 17 heavy (non-hydrogen) atoms. The van der Waals surface area contributed by atoms with Crippen LogP contribution in [0.3, 0.4) is 0 Å². The van der Waals surface area contributed by atoms with Crippen molar-refractivity contribution in [2.45, 2.75) is 19.4 Å². The summed E-state index contributed by atoms with van der Waals surface area (Å²) in [6.07, 6.45) is 0.771. The van der Waals surface area contributed by atoms with Crippen molar-refractivity contribution in [1.29, 1.82) is 0 Å². The van der Waals surface area contributed by atoms with E-state index < -0.39 is 0 Å². The molecule has 0 aliphatic heterocycles. The summed E-state index contributed by atoms with van der Waals surface area (Å²) in [4.78, 5) is 5.03. The average molecular weight is 255 g/mol. The van der Waals surface area contributed by atoms with Crippen LogP contribution in [0.5, 0.6) is 0 Å². The molecule has 92 valence electrons. The van der Waals surface area contributed by atoms with E-state index in [1.807, 2.05) is 6.92 Å². The molecule has 1 atom stereocenters.